The zero-order chi connectivity index (χ0) is 19.1. The Kier molecular flexibility index (Phi) is 6.96. The van der Waals surface area contributed by atoms with Crippen molar-refractivity contribution in [2.45, 2.75) is 52.9 Å². The van der Waals surface area contributed by atoms with Crippen LogP contribution in [-0.4, -0.2) is 33.7 Å². The fraction of sp³-hybridized carbons (Fsp3) is 0.364. The Morgan fingerprint density at radius 2 is 0.962 bits per heavy atom. The van der Waals surface area contributed by atoms with Crippen molar-refractivity contribution in [2.75, 3.05) is 0 Å². The molecule has 2 aromatic rings. The van der Waals surface area contributed by atoms with Gasteiger partial charge in [0, 0.05) is 25.2 Å². The molecule has 0 spiro atoms. The van der Waals surface area contributed by atoms with E-state index in [1.54, 1.807) is 9.80 Å². The minimum Gasteiger partial charge on any atom is -0.328 e. The summed E-state index contributed by atoms with van der Waals surface area (Å²) in [7, 11) is 0. The number of nitrogens with zero attached hydrogens (tertiary/aromatic N) is 2. The molecule has 2 amide bonds. The third-order valence-electron chi connectivity index (χ3n) is 4.34. The van der Waals surface area contributed by atoms with Gasteiger partial charge in [0.1, 0.15) is 0 Å². The molecule has 0 aliphatic rings. The molecule has 0 bridgehead atoms. The van der Waals surface area contributed by atoms with Crippen molar-refractivity contribution >= 4 is 11.8 Å². The first kappa shape index (κ1) is 19.7. The highest BCUT2D eigenvalue weighted by molar-refractivity contribution is 6.35. The van der Waals surface area contributed by atoms with E-state index in [0.717, 1.165) is 11.1 Å². The molecule has 0 saturated heterocycles. The average molecular weight is 352 g/mol. The van der Waals surface area contributed by atoms with Gasteiger partial charge < -0.3 is 9.80 Å². The van der Waals surface area contributed by atoms with Gasteiger partial charge in [-0.2, -0.15) is 0 Å². The van der Waals surface area contributed by atoms with Crippen molar-refractivity contribution in [3.05, 3.63) is 71.8 Å². The number of rotatable bonds is 6. The van der Waals surface area contributed by atoms with Crippen LogP contribution in [0.3, 0.4) is 0 Å². The second-order valence-corrected chi connectivity index (χ2v) is 7.02. The molecule has 2 rings (SSSR count). The van der Waals surface area contributed by atoms with Gasteiger partial charge in [-0.1, -0.05) is 60.7 Å². The van der Waals surface area contributed by atoms with Crippen LogP contribution in [0.25, 0.3) is 0 Å². The summed E-state index contributed by atoms with van der Waals surface area (Å²) in [4.78, 5) is 29.2. The van der Waals surface area contributed by atoms with Crippen LogP contribution < -0.4 is 0 Å². The Hall–Kier alpha value is -2.62. The number of carbonyl (C=O) groups excluding carboxylic acids is 2. The van der Waals surface area contributed by atoms with Crippen molar-refractivity contribution in [2.24, 2.45) is 0 Å². The minimum atomic E-state index is -0.450. The molecule has 0 atom stereocenters. The molecule has 0 fully saturated rings. The van der Waals surface area contributed by atoms with E-state index in [-0.39, 0.29) is 12.1 Å². The Morgan fingerprint density at radius 3 is 1.23 bits per heavy atom. The summed E-state index contributed by atoms with van der Waals surface area (Å²) in [5.74, 6) is -0.901. The quantitative estimate of drug-likeness (QED) is 0.741. The van der Waals surface area contributed by atoms with Gasteiger partial charge in [0.15, 0.2) is 0 Å². The summed E-state index contributed by atoms with van der Waals surface area (Å²) in [6.45, 7) is 8.60. The number of amides is 2. The molecule has 0 aromatic heterocycles. The van der Waals surface area contributed by atoms with E-state index >= 15 is 0 Å². The second kappa shape index (κ2) is 9.18. The SMILES string of the molecule is CC(C)N(Cc1ccccc1)C(=O)C(=O)N(Cc1ccccc1)C(C)C. The molecular formula is C22H28N2O2. The summed E-state index contributed by atoms with van der Waals surface area (Å²) < 4.78 is 0. The van der Waals surface area contributed by atoms with E-state index in [9.17, 15) is 9.59 Å². The highest BCUT2D eigenvalue weighted by atomic mass is 16.2. The van der Waals surface area contributed by atoms with Gasteiger partial charge in [-0.3, -0.25) is 9.59 Å². The van der Waals surface area contributed by atoms with Gasteiger partial charge in [-0.25, -0.2) is 0 Å². The summed E-state index contributed by atoms with van der Waals surface area (Å²) in [5.41, 5.74) is 2.03. The number of hydrogen-bond donors (Lipinski definition) is 0. The maximum atomic E-state index is 13.0. The van der Waals surface area contributed by atoms with Gasteiger partial charge in [-0.15, -0.1) is 0 Å². The van der Waals surface area contributed by atoms with Crippen LogP contribution in [0.4, 0.5) is 0 Å². The maximum Gasteiger partial charge on any atom is 0.312 e. The normalized spacial score (nSPS) is 10.8. The highest BCUT2D eigenvalue weighted by Gasteiger charge is 2.30. The summed E-state index contributed by atoms with van der Waals surface area (Å²) >= 11 is 0. The molecule has 0 heterocycles. The summed E-state index contributed by atoms with van der Waals surface area (Å²) in [6, 6.07) is 19.4. The molecular weight excluding hydrogens is 324 g/mol. The van der Waals surface area contributed by atoms with Crippen LogP contribution in [0.1, 0.15) is 38.8 Å². The lowest BCUT2D eigenvalue weighted by Crippen LogP contribution is -2.49. The van der Waals surface area contributed by atoms with Crippen LogP contribution in [-0.2, 0) is 22.7 Å². The van der Waals surface area contributed by atoms with E-state index in [1.165, 1.54) is 0 Å². The predicted octanol–water partition coefficient (Wildman–Crippen LogP) is 3.86. The number of hydrogen-bond acceptors (Lipinski definition) is 2. The molecule has 4 heteroatoms. The molecule has 2 aromatic carbocycles. The molecule has 0 radical (unpaired) electrons. The van der Waals surface area contributed by atoms with E-state index in [0.29, 0.717) is 13.1 Å². The van der Waals surface area contributed by atoms with Crippen molar-refractivity contribution in [3.8, 4) is 0 Å². The lowest BCUT2D eigenvalue weighted by Gasteiger charge is -2.31. The molecule has 0 N–H and O–H groups in total. The van der Waals surface area contributed by atoms with Crippen LogP contribution in [0.15, 0.2) is 60.7 Å². The van der Waals surface area contributed by atoms with Crippen LogP contribution in [0, 0.1) is 0 Å². The van der Waals surface area contributed by atoms with Gasteiger partial charge in [0.25, 0.3) is 0 Å². The van der Waals surface area contributed by atoms with Gasteiger partial charge in [0.2, 0.25) is 0 Å². The smallest absolute Gasteiger partial charge is 0.312 e. The van der Waals surface area contributed by atoms with Gasteiger partial charge >= 0.3 is 11.8 Å². The second-order valence-electron chi connectivity index (χ2n) is 7.02. The van der Waals surface area contributed by atoms with Crippen molar-refractivity contribution in [1.29, 1.82) is 0 Å². The van der Waals surface area contributed by atoms with Crippen LogP contribution in [0.2, 0.25) is 0 Å². The summed E-state index contributed by atoms with van der Waals surface area (Å²) in [6.07, 6.45) is 0. The lowest BCUT2D eigenvalue weighted by molar-refractivity contribution is -0.154. The van der Waals surface area contributed by atoms with E-state index in [2.05, 4.69) is 0 Å². The standard InChI is InChI=1S/C22H28N2O2/c1-17(2)23(15-19-11-7-5-8-12-19)21(25)22(26)24(18(3)4)16-20-13-9-6-10-14-20/h5-14,17-18H,15-16H2,1-4H3. The summed E-state index contributed by atoms with van der Waals surface area (Å²) in [5, 5.41) is 0. The van der Waals surface area contributed by atoms with Crippen LogP contribution in [0.5, 0.6) is 0 Å². The number of carbonyl (C=O) groups is 2. The van der Waals surface area contributed by atoms with E-state index in [4.69, 9.17) is 0 Å². The van der Waals surface area contributed by atoms with Crippen molar-refractivity contribution < 1.29 is 9.59 Å². The third-order valence-corrected chi connectivity index (χ3v) is 4.34. The maximum absolute atomic E-state index is 13.0. The average Bonchev–Trinajstić information content (AvgIpc) is 2.64. The molecule has 0 aliphatic carbocycles. The Morgan fingerprint density at radius 1 is 0.654 bits per heavy atom. The Balaban J connectivity index is 2.18. The monoisotopic (exact) mass is 352 g/mol. The zero-order valence-electron chi connectivity index (χ0n) is 16.1. The van der Waals surface area contributed by atoms with E-state index < -0.39 is 11.8 Å². The zero-order valence-corrected chi connectivity index (χ0v) is 16.1. The molecule has 4 nitrogen and oxygen atoms in total. The molecule has 0 unspecified atom stereocenters. The van der Waals surface area contributed by atoms with Crippen molar-refractivity contribution in [3.63, 3.8) is 0 Å². The Bertz CT molecular complexity index is 648. The van der Waals surface area contributed by atoms with Gasteiger partial charge in [-0.05, 0) is 38.8 Å². The number of benzene rings is 2. The first-order valence-corrected chi connectivity index (χ1v) is 9.09. The highest BCUT2D eigenvalue weighted by Crippen LogP contribution is 2.13. The predicted molar refractivity (Wildman–Crippen MR) is 104 cm³/mol. The van der Waals surface area contributed by atoms with Gasteiger partial charge in [0.05, 0.1) is 0 Å². The molecule has 0 aliphatic heterocycles. The first-order chi connectivity index (χ1) is 12.4. The van der Waals surface area contributed by atoms with Crippen LogP contribution >= 0.6 is 0 Å². The molecule has 26 heavy (non-hydrogen) atoms. The first-order valence-electron chi connectivity index (χ1n) is 9.09. The molecule has 0 saturated carbocycles. The topological polar surface area (TPSA) is 40.6 Å². The largest absolute Gasteiger partial charge is 0.328 e. The van der Waals surface area contributed by atoms with E-state index in [1.807, 2.05) is 88.4 Å². The fourth-order valence-electron chi connectivity index (χ4n) is 2.78. The molecule has 138 valence electrons. The lowest BCUT2D eigenvalue weighted by atomic mass is 10.1. The Labute approximate surface area is 156 Å². The van der Waals surface area contributed by atoms with Crippen molar-refractivity contribution in [1.82, 2.24) is 9.80 Å². The fourth-order valence-corrected chi connectivity index (χ4v) is 2.78. The minimum absolute atomic E-state index is 0.0580. The third kappa shape index (κ3) is 5.19.